The van der Waals surface area contributed by atoms with Gasteiger partial charge in [0.05, 0.1) is 12.7 Å². The van der Waals surface area contributed by atoms with Gasteiger partial charge in [-0.05, 0) is 17.7 Å². The molecule has 0 aromatic heterocycles. The zero-order chi connectivity index (χ0) is 14.8. The average Bonchev–Trinajstić information content (AvgIpc) is 2.36. The molecule has 0 radical (unpaired) electrons. The monoisotopic (exact) mass is 277 g/mol. The Balaban J connectivity index is 3.35. The molecule has 1 aromatic rings. The van der Waals surface area contributed by atoms with Gasteiger partial charge in [0, 0.05) is 18.1 Å². The van der Waals surface area contributed by atoms with Crippen molar-refractivity contribution in [1.29, 1.82) is 0 Å². The van der Waals surface area contributed by atoms with E-state index in [-0.39, 0.29) is 17.9 Å². The summed E-state index contributed by atoms with van der Waals surface area (Å²) in [4.78, 5) is 0. The van der Waals surface area contributed by atoms with E-state index < -0.39 is 23.2 Å². The van der Waals surface area contributed by atoms with Crippen molar-refractivity contribution in [2.75, 3.05) is 13.7 Å². The lowest BCUT2D eigenvalue weighted by atomic mass is 9.80. The fourth-order valence-corrected chi connectivity index (χ4v) is 1.70. The Hall–Kier alpha value is -1.27. The number of aliphatic hydroxyl groups is 1. The quantitative estimate of drug-likeness (QED) is 0.889. The summed E-state index contributed by atoms with van der Waals surface area (Å²) < 4.78 is 43.9. The molecule has 1 aromatic carbocycles. The number of hydrogen-bond acceptors (Lipinski definition) is 3. The molecule has 19 heavy (non-hydrogen) atoms. The molecule has 0 fully saturated rings. The maximum atomic E-state index is 13.0. The first-order valence-corrected chi connectivity index (χ1v) is 5.75. The zero-order valence-corrected chi connectivity index (χ0v) is 11.1. The first-order valence-electron chi connectivity index (χ1n) is 5.75. The van der Waals surface area contributed by atoms with Crippen LogP contribution in [0.15, 0.2) is 18.2 Å². The summed E-state index contributed by atoms with van der Waals surface area (Å²) in [5.41, 5.74) is 4.14. The number of halogens is 3. The second kappa shape index (κ2) is 5.38. The maximum Gasteiger partial charge on any atom is 0.416 e. The fraction of sp³-hybridized carbons (Fsp3) is 0.538. The third-order valence-electron chi connectivity index (χ3n) is 3.15. The predicted molar refractivity (Wildman–Crippen MR) is 65.8 cm³/mol. The van der Waals surface area contributed by atoms with Crippen LogP contribution in [0.2, 0.25) is 0 Å². The largest absolute Gasteiger partial charge is 0.497 e. The van der Waals surface area contributed by atoms with Crippen LogP contribution in [0.3, 0.4) is 0 Å². The van der Waals surface area contributed by atoms with Crippen LogP contribution in [0.25, 0.3) is 0 Å². The Morgan fingerprint density at radius 3 is 2.32 bits per heavy atom. The SMILES string of the molecule is COc1ccc([C@H](N)C(C)(C)CO)c(C(F)(F)F)c1. The second-order valence-electron chi connectivity index (χ2n) is 5.08. The minimum Gasteiger partial charge on any atom is -0.497 e. The lowest BCUT2D eigenvalue weighted by molar-refractivity contribution is -0.138. The summed E-state index contributed by atoms with van der Waals surface area (Å²) in [7, 11) is 1.30. The van der Waals surface area contributed by atoms with E-state index in [9.17, 15) is 18.3 Å². The van der Waals surface area contributed by atoms with Crippen molar-refractivity contribution < 1.29 is 23.0 Å². The molecule has 0 heterocycles. The summed E-state index contributed by atoms with van der Waals surface area (Å²) >= 11 is 0. The van der Waals surface area contributed by atoms with Gasteiger partial charge in [0.15, 0.2) is 0 Å². The minimum absolute atomic E-state index is 0.0487. The van der Waals surface area contributed by atoms with Gasteiger partial charge >= 0.3 is 6.18 Å². The Morgan fingerprint density at radius 2 is 1.89 bits per heavy atom. The number of methoxy groups -OCH3 is 1. The summed E-state index contributed by atoms with van der Waals surface area (Å²) in [6.07, 6.45) is -4.52. The van der Waals surface area contributed by atoms with Crippen molar-refractivity contribution in [1.82, 2.24) is 0 Å². The zero-order valence-electron chi connectivity index (χ0n) is 11.1. The van der Waals surface area contributed by atoms with Crippen LogP contribution in [-0.2, 0) is 6.18 Å². The molecule has 0 saturated carbocycles. The van der Waals surface area contributed by atoms with Gasteiger partial charge in [0.1, 0.15) is 5.75 Å². The van der Waals surface area contributed by atoms with Gasteiger partial charge in [-0.2, -0.15) is 13.2 Å². The minimum atomic E-state index is -4.52. The van der Waals surface area contributed by atoms with Crippen LogP contribution in [-0.4, -0.2) is 18.8 Å². The van der Waals surface area contributed by atoms with Gasteiger partial charge in [-0.15, -0.1) is 0 Å². The van der Waals surface area contributed by atoms with Gasteiger partial charge in [-0.25, -0.2) is 0 Å². The average molecular weight is 277 g/mol. The van der Waals surface area contributed by atoms with Crippen molar-refractivity contribution in [2.24, 2.45) is 11.1 Å². The Labute approximate surface area is 110 Å². The molecule has 3 N–H and O–H groups in total. The van der Waals surface area contributed by atoms with Gasteiger partial charge in [-0.3, -0.25) is 0 Å². The van der Waals surface area contributed by atoms with E-state index in [0.717, 1.165) is 6.07 Å². The summed E-state index contributed by atoms with van der Waals surface area (Å²) in [5, 5.41) is 9.23. The topological polar surface area (TPSA) is 55.5 Å². The fourth-order valence-electron chi connectivity index (χ4n) is 1.70. The molecule has 1 rings (SSSR count). The summed E-state index contributed by atoms with van der Waals surface area (Å²) in [5.74, 6) is 0.116. The van der Waals surface area contributed by atoms with Gasteiger partial charge in [0.25, 0.3) is 0 Å². The molecule has 0 amide bonds. The molecule has 0 aliphatic carbocycles. The highest BCUT2D eigenvalue weighted by Gasteiger charge is 2.38. The highest BCUT2D eigenvalue weighted by Crippen LogP contribution is 2.40. The lowest BCUT2D eigenvalue weighted by Crippen LogP contribution is -2.34. The highest BCUT2D eigenvalue weighted by molar-refractivity contribution is 5.40. The van der Waals surface area contributed by atoms with E-state index >= 15 is 0 Å². The smallest absolute Gasteiger partial charge is 0.416 e. The molecule has 0 aliphatic rings. The standard InChI is InChI=1S/C13H18F3NO2/c1-12(2,7-18)11(17)9-5-4-8(19-3)6-10(9)13(14,15)16/h4-6,11,18H,7,17H2,1-3H3/t11-/m0/s1. The molecule has 108 valence electrons. The molecular weight excluding hydrogens is 259 g/mol. The molecule has 0 spiro atoms. The number of ether oxygens (including phenoxy) is 1. The Morgan fingerprint density at radius 1 is 1.32 bits per heavy atom. The van der Waals surface area contributed by atoms with Gasteiger partial charge < -0.3 is 15.6 Å². The molecule has 0 saturated heterocycles. The van der Waals surface area contributed by atoms with E-state index in [1.54, 1.807) is 13.8 Å². The number of hydrogen-bond donors (Lipinski definition) is 2. The third kappa shape index (κ3) is 3.39. The van der Waals surface area contributed by atoms with E-state index in [4.69, 9.17) is 10.5 Å². The molecule has 0 aliphatic heterocycles. The molecule has 6 heteroatoms. The van der Waals surface area contributed by atoms with Crippen LogP contribution in [0.5, 0.6) is 5.75 Å². The van der Waals surface area contributed by atoms with E-state index in [1.165, 1.54) is 19.2 Å². The summed E-state index contributed by atoms with van der Waals surface area (Å²) in [6, 6.07) is 2.71. The highest BCUT2D eigenvalue weighted by atomic mass is 19.4. The van der Waals surface area contributed by atoms with E-state index in [1.807, 2.05) is 0 Å². The van der Waals surface area contributed by atoms with Gasteiger partial charge in [0.2, 0.25) is 0 Å². The molecular formula is C13H18F3NO2. The number of benzene rings is 1. The number of alkyl halides is 3. The lowest BCUT2D eigenvalue weighted by Gasteiger charge is -2.31. The van der Waals surface area contributed by atoms with Crippen LogP contribution >= 0.6 is 0 Å². The first kappa shape index (κ1) is 15.8. The number of rotatable bonds is 4. The molecule has 0 bridgehead atoms. The Bertz CT molecular complexity index is 444. The first-order chi connectivity index (χ1) is 8.63. The van der Waals surface area contributed by atoms with Crippen molar-refractivity contribution in [2.45, 2.75) is 26.1 Å². The predicted octanol–water partition coefficient (Wildman–Crippen LogP) is 2.73. The maximum absolute atomic E-state index is 13.0. The van der Waals surface area contributed by atoms with Gasteiger partial charge in [-0.1, -0.05) is 19.9 Å². The second-order valence-corrected chi connectivity index (χ2v) is 5.08. The number of aliphatic hydroxyl groups excluding tert-OH is 1. The van der Waals surface area contributed by atoms with Crippen LogP contribution in [0.4, 0.5) is 13.2 Å². The van der Waals surface area contributed by atoms with Crippen molar-refractivity contribution in [3.63, 3.8) is 0 Å². The number of nitrogens with two attached hydrogens (primary N) is 1. The molecule has 1 atom stereocenters. The van der Waals surface area contributed by atoms with Crippen molar-refractivity contribution >= 4 is 0 Å². The van der Waals surface area contributed by atoms with Crippen molar-refractivity contribution in [3.05, 3.63) is 29.3 Å². The Kier molecular flexibility index (Phi) is 4.47. The normalized spacial score (nSPS) is 14.3. The van der Waals surface area contributed by atoms with E-state index in [0.29, 0.717) is 0 Å². The molecule has 3 nitrogen and oxygen atoms in total. The van der Waals surface area contributed by atoms with Crippen LogP contribution < -0.4 is 10.5 Å². The van der Waals surface area contributed by atoms with Crippen molar-refractivity contribution in [3.8, 4) is 5.75 Å². The third-order valence-corrected chi connectivity index (χ3v) is 3.15. The van der Waals surface area contributed by atoms with Crippen LogP contribution in [0, 0.1) is 5.41 Å². The summed E-state index contributed by atoms with van der Waals surface area (Å²) in [6.45, 7) is 2.92. The molecule has 0 unspecified atom stereocenters. The van der Waals surface area contributed by atoms with Crippen LogP contribution in [0.1, 0.15) is 31.0 Å². The van der Waals surface area contributed by atoms with E-state index in [2.05, 4.69) is 0 Å².